The molecule has 0 spiro atoms. The Hall–Kier alpha value is -2.80. The van der Waals surface area contributed by atoms with Crippen molar-refractivity contribution in [1.82, 2.24) is 0 Å². The van der Waals surface area contributed by atoms with E-state index in [4.69, 9.17) is 4.42 Å². The first-order valence-corrected chi connectivity index (χ1v) is 8.70. The Kier molecular flexibility index (Phi) is 3.73. The second kappa shape index (κ2) is 5.93. The van der Waals surface area contributed by atoms with Gasteiger partial charge in [0.1, 0.15) is 11.3 Å². The van der Waals surface area contributed by atoms with Crippen LogP contribution < -0.4 is 0 Å². The van der Waals surface area contributed by atoms with Crippen LogP contribution in [-0.4, -0.2) is 0 Å². The minimum Gasteiger partial charge on any atom is -0.461 e. The number of aryl methyl sites for hydroxylation is 4. The van der Waals surface area contributed by atoms with E-state index in [2.05, 4.69) is 81.4 Å². The molecule has 1 heteroatoms. The van der Waals surface area contributed by atoms with Crippen molar-refractivity contribution in [3.05, 3.63) is 83.1 Å². The number of fused-ring (bicyclic) bond motifs is 1. The number of benzene rings is 3. The fourth-order valence-electron chi connectivity index (χ4n) is 3.42. The van der Waals surface area contributed by atoms with Gasteiger partial charge in [0.05, 0.1) is 0 Å². The van der Waals surface area contributed by atoms with Crippen LogP contribution in [0.15, 0.2) is 65.1 Å². The molecule has 0 saturated carbocycles. The van der Waals surface area contributed by atoms with E-state index in [9.17, 15) is 0 Å². The summed E-state index contributed by atoms with van der Waals surface area (Å²) in [6.07, 6.45) is 0. The first-order chi connectivity index (χ1) is 12.0. The molecule has 1 heterocycles. The Morgan fingerprint density at radius 2 is 1.24 bits per heavy atom. The van der Waals surface area contributed by atoms with Gasteiger partial charge >= 0.3 is 0 Å². The van der Waals surface area contributed by atoms with Gasteiger partial charge in [-0.25, -0.2) is 0 Å². The lowest BCUT2D eigenvalue weighted by Gasteiger charge is -2.11. The standard InChI is InChI=1S/C24H22O/c1-15-5-6-21(11-16(15)2)23-10-9-19(12-17(23)3)20-7-8-22-13-18(4)25-24(22)14-20/h5-14H,1-4H3. The van der Waals surface area contributed by atoms with E-state index in [1.165, 1.54) is 38.9 Å². The van der Waals surface area contributed by atoms with Gasteiger partial charge in [0.2, 0.25) is 0 Å². The predicted octanol–water partition coefficient (Wildman–Crippen LogP) is 7.00. The van der Waals surface area contributed by atoms with Gasteiger partial charge in [0, 0.05) is 5.39 Å². The molecule has 0 saturated heterocycles. The summed E-state index contributed by atoms with van der Waals surface area (Å²) in [6.45, 7) is 8.50. The summed E-state index contributed by atoms with van der Waals surface area (Å²) in [5, 5.41) is 1.16. The van der Waals surface area contributed by atoms with Gasteiger partial charge in [-0.3, -0.25) is 0 Å². The first-order valence-electron chi connectivity index (χ1n) is 8.70. The fourth-order valence-corrected chi connectivity index (χ4v) is 3.42. The summed E-state index contributed by atoms with van der Waals surface area (Å²) in [5.41, 5.74) is 9.89. The molecule has 124 valence electrons. The monoisotopic (exact) mass is 326 g/mol. The molecule has 0 aliphatic rings. The maximum Gasteiger partial charge on any atom is 0.134 e. The van der Waals surface area contributed by atoms with Crippen LogP contribution in [0.4, 0.5) is 0 Å². The lowest BCUT2D eigenvalue weighted by molar-refractivity contribution is 0.578. The van der Waals surface area contributed by atoms with E-state index in [0.717, 1.165) is 16.7 Å². The SMILES string of the molecule is Cc1cc2ccc(-c3ccc(-c4ccc(C)c(C)c4)c(C)c3)cc2o1. The highest BCUT2D eigenvalue weighted by atomic mass is 16.3. The second-order valence-corrected chi connectivity index (χ2v) is 6.94. The molecule has 0 N–H and O–H groups in total. The Balaban J connectivity index is 1.76. The maximum atomic E-state index is 5.78. The summed E-state index contributed by atoms with van der Waals surface area (Å²) in [6, 6.07) is 21.9. The van der Waals surface area contributed by atoms with Gasteiger partial charge in [0.25, 0.3) is 0 Å². The van der Waals surface area contributed by atoms with Crippen molar-refractivity contribution in [3.8, 4) is 22.3 Å². The number of hydrogen-bond acceptors (Lipinski definition) is 1. The van der Waals surface area contributed by atoms with Crippen LogP contribution in [0.5, 0.6) is 0 Å². The third kappa shape index (κ3) is 2.87. The Bertz CT molecular complexity index is 1080. The molecule has 3 aromatic carbocycles. The molecule has 0 atom stereocenters. The van der Waals surface area contributed by atoms with Gasteiger partial charge in [-0.2, -0.15) is 0 Å². The topological polar surface area (TPSA) is 13.1 Å². The van der Waals surface area contributed by atoms with Crippen molar-refractivity contribution in [2.45, 2.75) is 27.7 Å². The molecule has 25 heavy (non-hydrogen) atoms. The molecule has 0 unspecified atom stereocenters. The third-order valence-electron chi connectivity index (χ3n) is 5.02. The van der Waals surface area contributed by atoms with Crippen LogP contribution in [0.25, 0.3) is 33.2 Å². The van der Waals surface area contributed by atoms with Crippen molar-refractivity contribution in [1.29, 1.82) is 0 Å². The zero-order chi connectivity index (χ0) is 17.6. The van der Waals surface area contributed by atoms with Crippen LogP contribution in [-0.2, 0) is 0 Å². The van der Waals surface area contributed by atoms with Crippen molar-refractivity contribution < 1.29 is 4.42 Å². The Morgan fingerprint density at radius 1 is 0.560 bits per heavy atom. The van der Waals surface area contributed by atoms with Gasteiger partial charge in [0.15, 0.2) is 0 Å². The zero-order valence-electron chi connectivity index (χ0n) is 15.2. The lowest BCUT2D eigenvalue weighted by Crippen LogP contribution is -1.88. The normalized spacial score (nSPS) is 11.2. The third-order valence-corrected chi connectivity index (χ3v) is 5.02. The molecule has 4 aromatic rings. The van der Waals surface area contributed by atoms with Crippen LogP contribution in [0.1, 0.15) is 22.5 Å². The largest absolute Gasteiger partial charge is 0.461 e. The van der Waals surface area contributed by atoms with Crippen molar-refractivity contribution in [3.63, 3.8) is 0 Å². The highest BCUT2D eigenvalue weighted by Crippen LogP contribution is 2.31. The molecular weight excluding hydrogens is 304 g/mol. The molecule has 0 amide bonds. The summed E-state index contributed by atoms with van der Waals surface area (Å²) >= 11 is 0. The quantitative estimate of drug-likeness (QED) is 0.386. The molecule has 1 aromatic heterocycles. The van der Waals surface area contributed by atoms with E-state index in [1.807, 2.05) is 6.92 Å². The predicted molar refractivity (Wildman–Crippen MR) is 106 cm³/mol. The van der Waals surface area contributed by atoms with Crippen molar-refractivity contribution >= 4 is 11.0 Å². The van der Waals surface area contributed by atoms with E-state index in [0.29, 0.717) is 0 Å². The Labute approximate surface area is 148 Å². The Morgan fingerprint density at radius 3 is 2.00 bits per heavy atom. The lowest BCUT2D eigenvalue weighted by atomic mass is 9.94. The minimum absolute atomic E-state index is 0.950. The zero-order valence-corrected chi connectivity index (χ0v) is 15.2. The molecule has 0 bridgehead atoms. The van der Waals surface area contributed by atoms with E-state index in [1.54, 1.807) is 0 Å². The number of hydrogen-bond donors (Lipinski definition) is 0. The van der Waals surface area contributed by atoms with Crippen molar-refractivity contribution in [2.24, 2.45) is 0 Å². The molecule has 0 aliphatic heterocycles. The highest BCUT2D eigenvalue weighted by molar-refractivity contribution is 5.84. The molecule has 1 nitrogen and oxygen atoms in total. The van der Waals surface area contributed by atoms with Crippen LogP contribution in [0, 0.1) is 27.7 Å². The molecular formula is C24H22O. The summed E-state index contributed by atoms with van der Waals surface area (Å²) in [7, 11) is 0. The van der Waals surface area contributed by atoms with Crippen LogP contribution >= 0.6 is 0 Å². The van der Waals surface area contributed by atoms with Crippen LogP contribution in [0.3, 0.4) is 0 Å². The summed E-state index contributed by atoms with van der Waals surface area (Å²) < 4.78 is 5.78. The maximum absolute atomic E-state index is 5.78. The minimum atomic E-state index is 0.950. The molecule has 0 fully saturated rings. The molecule has 0 aliphatic carbocycles. The number of rotatable bonds is 2. The van der Waals surface area contributed by atoms with Gasteiger partial charge in [-0.1, -0.05) is 48.5 Å². The average Bonchev–Trinajstić information content (AvgIpc) is 2.96. The van der Waals surface area contributed by atoms with E-state index < -0.39 is 0 Å². The molecule has 4 rings (SSSR count). The molecule has 0 radical (unpaired) electrons. The first kappa shape index (κ1) is 15.7. The second-order valence-electron chi connectivity index (χ2n) is 6.94. The smallest absolute Gasteiger partial charge is 0.134 e. The average molecular weight is 326 g/mol. The highest BCUT2D eigenvalue weighted by Gasteiger charge is 2.08. The van der Waals surface area contributed by atoms with E-state index >= 15 is 0 Å². The summed E-state index contributed by atoms with van der Waals surface area (Å²) in [4.78, 5) is 0. The van der Waals surface area contributed by atoms with Crippen LogP contribution in [0.2, 0.25) is 0 Å². The summed E-state index contributed by atoms with van der Waals surface area (Å²) in [5.74, 6) is 0.952. The fraction of sp³-hybridized carbons (Fsp3) is 0.167. The van der Waals surface area contributed by atoms with Gasteiger partial charge in [-0.15, -0.1) is 0 Å². The van der Waals surface area contributed by atoms with E-state index in [-0.39, 0.29) is 0 Å². The van der Waals surface area contributed by atoms with Crippen molar-refractivity contribution in [2.75, 3.05) is 0 Å². The number of furan rings is 1. The van der Waals surface area contributed by atoms with Gasteiger partial charge < -0.3 is 4.42 Å². The van der Waals surface area contributed by atoms with Gasteiger partial charge in [-0.05, 0) is 78.8 Å².